The summed E-state index contributed by atoms with van der Waals surface area (Å²) in [4.78, 5) is 2.40. The molecule has 0 atom stereocenters. The molecular formula is C14H20ClNO. The molecule has 0 aromatic heterocycles. The van der Waals surface area contributed by atoms with E-state index < -0.39 is 0 Å². The van der Waals surface area contributed by atoms with Gasteiger partial charge in [-0.2, -0.15) is 0 Å². The molecule has 1 heterocycles. The van der Waals surface area contributed by atoms with E-state index in [-0.39, 0.29) is 0 Å². The summed E-state index contributed by atoms with van der Waals surface area (Å²) < 4.78 is 0. The van der Waals surface area contributed by atoms with Crippen LogP contribution in [0.15, 0.2) is 18.2 Å². The molecule has 0 radical (unpaired) electrons. The van der Waals surface area contributed by atoms with Gasteiger partial charge in [-0.1, -0.05) is 24.9 Å². The molecule has 1 N–H and O–H groups in total. The Balaban J connectivity index is 1.95. The van der Waals surface area contributed by atoms with Gasteiger partial charge in [0.25, 0.3) is 0 Å². The number of phenols is 1. The van der Waals surface area contributed by atoms with Crippen LogP contribution in [0.1, 0.15) is 31.7 Å². The molecule has 1 aliphatic heterocycles. The molecule has 1 fully saturated rings. The number of aromatic hydroxyl groups is 1. The van der Waals surface area contributed by atoms with Crippen molar-refractivity contribution in [2.75, 3.05) is 13.1 Å². The van der Waals surface area contributed by atoms with E-state index in [1.807, 2.05) is 6.07 Å². The van der Waals surface area contributed by atoms with Crippen LogP contribution in [0.25, 0.3) is 0 Å². The van der Waals surface area contributed by atoms with Crippen LogP contribution in [-0.2, 0) is 6.54 Å². The Morgan fingerprint density at radius 3 is 2.71 bits per heavy atom. The Morgan fingerprint density at radius 2 is 2.06 bits per heavy atom. The number of benzene rings is 1. The summed E-state index contributed by atoms with van der Waals surface area (Å²) in [6, 6.07) is 5.27. The number of nitrogens with zero attached hydrogens (tertiary/aromatic N) is 1. The molecule has 0 amide bonds. The van der Waals surface area contributed by atoms with Crippen LogP contribution in [0.3, 0.4) is 0 Å². The second-order valence-corrected chi connectivity index (χ2v) is 5.34. The third kappa shape index (κ3) is 3.36. The first-order valence-corrected chi connectivity index (χ1v) is 6.76. The Kier molecular flexibility index (Phi) is 4.30. The molecule has 2 rings (SSSR count). The summed E-state index contributed by atoms with van der Waals surface area (Å²) in [5, 5.41) is 10.5. The van der Waals surface area contributed by atoms with Gasteiger partial charge in [0.1, 0.15) is 5.75 Å². The average Bonchev–Trinajstić information content (AvgIpc) is 2.35. The van der Waals surface area contributed by atoms with Crippen LogP contribution < -0.4 is 0 Å². The molecule has 0 spiro atoms. The van der Waals surface area contributed by atoms with E-state index in [2.05, 4.69) is 11.8 Å². The first kappa shape index (κ1) is 12.7. The van der Waals surface area contributed by atoms with E-state index in [1.165, 1.54) is 19.3 Å². The third-order valence-electron chi connectivity index (χ3n) is 3.72. The summed E-state index contributed by atoms with van der Waals surface area (Å²) >= 11 is 5.95. The molecule has 0 saturated carbocycles. The Labute approximate surface area is 108 Å². The normalized spacial score (nSPS) is 18.5. The average molecular weight is 254 g/mol. The van der Waals surface area contributed by atoms with Crippen LogP contribution in [0.5, 0.6) is 5.75 Å². The van der Waals surface area contributed by atoms with Gasteiger partial charge in [-0.25, -0.2) is 0 Å². The van der Waals surface area contributed by atoms with Gasteiger partial charge >= 0.3 is 0 Å². The molecule has 0 aliphatic carbocycles. The van der Waals surface area contributed by atoms with Gasteiger partial charge in [-0.3, -0.25) is 4.90 Å². The molecule has 0 unspecified atom stereocenters. The monoisotopic (exact) mass is 253 g/mol. The Morgan fingerprint density at radius 1 is 1.35 bits per heavy atom. The van der Waals surface area contributed by atoms with E-state index in [0.717, 1.165) is 31.1 Å². The van der Waals surface area contributed by atoms with Gasteiger partial charge < -0.3 is 5.11 Å². The molecular weight excluding hydrogens is 234 g/mol. The molecule has 1 aromatic rings. The van der Waals surface area contributed by atoms with Crippen molar-refractivity contribution in [3.63, 3.8) is 0 Å². The van der Waals surface area contributed by atoms with E-state index >= 15 is 0 Å². The van der Waals surface area contributed by atoms with E-state index in [1.54, 1.807) is 12.1 Å². The lowest BCUT2D eigenvalue weighted by Gasteiger charge is -2.31. The molecule has 2 nitrogen and oxygen atoms in total. The van der Waals surface area contributed by atoms with Crippen molar-refractivity contribution in [1.29, 1.82) is 0 Å². The molecule has 1 saturated heterocycles. The SMILES string of the molecule is CCC1CCN(Cc2cc(Cl)ccc2O)CC1. The van der Waals surface area contributed by atoms with Crippen LogP contribution in [0.2, 0.25) is 5.02 Å². The molecule has 0 bridgehead atoms. The van der Waals surface area contributed by atoms with Gasteiger partial charge in [-0.15, -0.1) is 0 Å². The maximum absolute atomic E-state index is 9.78. The van der Waals surface area contributed by atoms with Gasteiger partial charge in [0.2, 0.25) is 0 Å². The quantitative estimate of drug-likeness (QED) is 0.889. The number of likely N-dealkylation sites (tertiary alicyclic amines) is 1. The lowest BCUT2D eigenvalue weighted by molar-refractivity contribution is 0.173. The van der Waals surface area contributed by atoms with E-state index in [4.69, 9.17) is 11.6 Å². The lowest BCUT2D eigenvalue weighted by Crippen LogP contribution is -2.33. The zero-order chi connectivity index (χ0) is 12.3. The number of rotatable bonds is 3. The maximum Gasteiger partial charge on any atom is 0.120 e. The van der Waals surface area contributed by atoms with Gasteiger partial charge in [0.15, 0.2) is 0 Å². The van der Waals surface area contributed by atoms with Crippen molar-refractivity contribution in [3.8, 4) is 5.75 Å². The summed E-state index contributed by atoms with van der Waals surface area (Å²) in [5.41, 5.74) is 0.937. The minimum Gasteiger partial charge on any atom is -0.508 e. The first-order valence-electron chi connectivity index (χ1n) is 6.38. The minimum absolute atomic E-state index is 0.354. The predicted molar refractivity (Wildman–Crippen MR) is 71.4 cm³/mol. The highest BCUT2D eigenvalue weighted by molar-refractivity contribution is 6.30. The fourth-order valence-electron chi connectivity index (χ4n) is 2.47. The van der Waals surface area contributed by atoms with Gasteiger partial charge in [0.05, 0.1) is 0 Å². The second-order valence-electron chi connectivity index (χ2n) is 4.90. The van der Waals surface area contributed by atoms with Crippen molar-refractivity contribution in [3.05, 3.63) is 28.8 Å². The number of phenolic OH excluding ortho intramolecular Hbond substituents is 1. The number of piperidine rings is 1. The zero-order valence-corrected chi connectivity index (χ0v) is 11.1. The topological polar surface area (TPSA) is 23.5 Å². The lowest BCUT2D eigenvalue weighted by atomic mass is 9.94. The Bertz CT molecular complexity index is 372. The highest BCUT2D eigenvalue weighted by atomic mass is 35.5. The number of hydrogen-bond donors (Lipinski definition) is 1. The van der Waals surface area contributed by atoms with Crippen molar-refractivity contribution < 1.29 is 5.11 Å². The fraction of sp³-hybridized carbons (Fsp3) is 0.571. The molecule has 1 aliphatic rings. The van der Waals surface area contributed by atoms with Crippen LogP contribution in [0.4, 0.5) is 0 Å². The van der Waals surface area contributed by atoms with Gasteiger partial charge in [0, 0.05) is 17.1 Å². The van der Waals surface area contributed by atoms with Crippen LogP contribution >= 0.6 is 11.6 Å². The van der Waals surface area contributed by atoms with Gasteiger partial charge in [-0.05, 0) is 50.0 Å². The number of halogens is 1. The number of hydrogen-bond acceptors (Lipinski definition) is 2. The first-order chi connectivity index (χ1) is 8.19. The smallest absolute Gasteiger partial charge is 0.120 e. The van der Waals surface area contributed by atoms with E-state index in [0.29, 0.717) is 10.8 Å². The third-order valence-corrected chi connectivity index (χ3v) is 3.96. The standard InChI is InChI=1S/C14H20ClNO/c1-2-11-5-7-16(8-6-11)10-12-9-13(15)3-4-14(12)17/h3-4,9,11,17H,2,5-8,10H2,1H3. The summed E-state index contributed by atoms with van der Waals surface area (Å²) in [6.07, 6.45) is 3.84. The maximum atomic E-state index is 9.78. The molecule has 1 aromatic carbocycles. The molecule has 94 valence electrons. The second kappa shape index (κ2) is 5.74. The highest BCUT2D eigenvalue weighted by Gasteiger charge is 2.18. The highest BCUT2D eigenvalue weighted by Crippen LogP contribution is 2.26. The summed E-state index contributed by atoms with van der Waals surface area (Å²) in [5.74, 6) is 1.24. The summed E-state index contributed by atoms with van der Waals surface area (Å²) in [7, 11) is 0. The fourth-order valence-corrected chi connectivity index (χ4v) is 2.67. The van der Waals surface area contributed by atoms with Crippen molar-refractivity contribution in [1.82, 2.24) is 4.90 Å². The largest absolute Gasteiger partial charge is 0.508 e. The zero-order valence-electron chi connectivity index (χ0n) is 10.3. The molecule has 17 heavy (non-hydrogen) atoms. The van der Waals surface area contributed by atoms with Crippen molar-refractivity contribution in [2.45, 2.75) is 32.7 Å². The van der Waals surface area contributed by atoms with Crippen molar-refractivity contribution in [2.24, 2.45) is 5.92 Å². The van der Waals surface area contributed by atoms with Crippen molar-refractivity contribution >= 4 is 11.6 Å². The van der Waals surface area contributed by atoms with Crippen LogP contribution in [0, 0.1) is 5.92 Å². The molecule has 3 heteroatoms. The minimum atomic E-state index is 0.354. The predicted octanol–water partition coefficient (Wildman–Crippen LogP) is 3.67. The summed E-state index contributed by atoms with van der Waals surface area (Å²) in [6.45, 7) is 5.33. The van der Waals surface area contributed by atoms with E-state index in [9.17, 15) is 5.11 Å². The Hall–Kier alpha value is -0.730. The van der Waals surface area contributed by atoms with Crippen LogP contribution in [-0.4, -0.2) is 23.1 Å².